The Morgan fingerprint density at radius 3 is 2.48 bits per heavy atom. The lowest BCUT2D eigenvalue weighted by atomic mass is 9.72. The molecule has 1 fully saturated rings. The van der Waals surface area contributed by atoms with Crippen molar-refractivity contribution in [3.8, 4) is 17.2 Å². The fourth-order valence-corrected chi connectivity index (χ4v) is 6.91. The Morgan fingerprint density at radius 2 is 1.79 bits per heavy atom. The van der Waals surface area contributed by atoms with Gasteiger partial charge >= 0.3 is 0 Å². The van der Waals surface area contributed by atoms with Gasteiger partial charge in [-0.25, -0.2) is 0 Å². The fraction of sp³-hybridized carbons (Fsp3) is 0.382. The minimum absolute atomic E-state index is 0.00382. The molecule has 0 amide bonds. The van der Waals surface area contributed by atoms with E-state index in [2.05, 4.69) is 5.32 Å². The Balaban J connectivity index is 1.37. The van der Waals surface area contributed by atoms with Crippen molar-refractivity contribution in [2.75, 3.05) is 7.11 Å². The second kappa shape index (κ2) is 12.4. The van der Waals surface area contributed by atoms with Crippen LogP contribution in [0.25, 0.3) is 0 Å². The van der Waals surface area contributed by atoms with E-state index in [0.29, 0.717) is 5.56 Å². The van der Waals surface area contributed by atoms with Gasteiger partial charge in [0.2, 0.25) is 5.78 Å². The van der Waals surface area contributed by atoms with Gasteiger partial charge in [0.05, 0.1) is 47.0 Å². The minimum atomic E-state index is -2.08. The molecule has 3 aliphatic rings. The summed E-state index contributed by atoms with van der Waals surface area (Å²) in [6.07, 6.45) is -5.18. The van der Waals surface area contributed by atoms with Gasteiger partial charge in [0.25, 0.3) is 5.69 Å². The van der Waals surface area contributed by atoms with Gasteiger partial charge in [0, 0.05) is 60.2 Å². The number of fused-ring (bicyclic) bond motifs is 3. The van der Waals surface area contributed by atoms with E-state index in [-0.39, 0.29) is 46.7 Å². The van der Waals surface area contributed by atoms with E-state index in [1.807, 2.05) is 0 Å². The number of phenolic OH excluding ortho intramolecular Hbond substituents is 2. The van der Waals surface area contributed by atoms with Crippen molar-refractivity contribution in [2.24, 2.45) is 0 Å². The number of Topliss-reactive ketones (excluding diaryl/α,β-unsaturated/α-hetero) is 1. The first-order chi connectivity index (χ1) is 22.8. The summed E-state index contributed by atoms with van der Waals surface area (Å²) in [7, 11) is 1.32. The van der Waals surface area contributed by atoms with Gasteiger partial charge < -0.3 is 40.0 Å². The molecule has 1 aliphatic heterocycles. The van der Waals surface area contributed by atoms with E-state index >= 15 is 0 Å². The Bertz CT molecular complexity index is 1860. The molecule has 6 atom stereocenters. The predicted octanol–water partition coefficient (Wildman–Crippen LogP) is 2.77. The Kier molecular flexibility index (Phi) is 8.56. The third kappa shape index (κ3) is 5.41. The molecule has 5 N–H and O–H groups in total. The molecular formula is C34H34N2O12. The zero-order valence-corrected chi connectivity index (χ0v) is 26.3. The third-order valence-electron chi connectivity index (χ3n) is 9.50. The van der Waals surface area contributed by atoms with E-state index < -0.39 is 94.0 Å². The molecular weight excluding hydrogens is 628 g/mol. The van der Waals surface area contributed by atoms with Crippen LogP contribution in [0.1, 0.15) is 81.3 Å². The first-order valence-corrected chi connectivity index (χ1v) is 15.3. The number of phenols is 2. The van der Waals surface area contributed by atoms with Gasteiger partial charge in [-0.15, -0.1) is 0 Å². The summed E-state index contributed by atoms with van der Waals surface area (Å²) in [5.74, 6) is -3.42. The van der Waals surface area contributed by atoms with Crippen LogP contribution in [0.4, 0.5) is 5.69 Å². The minimum Gasteiger partial charge on any atom is -0.507 e. The zero-order chi connectivity index (χ0) is 34.7. The molecule has 0 radical (unpaired) electrons. The lowest BCUT2D eigenvalue weighted by Gasteiger charge is -2.43. The summed E-state index contributed by atoms with van der Waals surface area (Å²) in [4.78, 5) is 51.3. The first kappa shape index (κ1) is 33.2. The highest BCUT2D eigenvalue weighted by Crippen LogP contribution is 2.52. The summed E-state index contributed by atoms with van der Waals surface area (Å²) in [5.41, 5.74) is -3.08. The SMILES string of the molecule is COc1cccc2c1C(=O)c1c(O)c3c(c(O)c1C2=O)C[C@@](O)(C(C)=O)CC3OC1CC(NCc2ccccc2[N+](=O)[O-])C(O)C(C)O1. The highest BCUT2D eigenvalue weighted by molar-refractivity contribution is 6.31. The molecule has 6 rings (SSSR count). The van der Waals surface area contributed by atoms with Gasteiger partial charge in [-0.05, 0) is 19.9 Å². The average Bonchev–Trinajstić information content (AvgIpc) is 3.05. The molecule has 2 aliphatic carbocycles. The smallest absolute Gasteiger partial charge is 0.273 e. The number of ketones is 3. The number of nitrogens with zero attached hydrogens (tertiary/aromatic N) is 1. The number of rotatable bonds is 8. The second-order valence-corrected chi connectivity index (χ2v) is 12.3. The van der Waals surface area contributed by atoms with Crippen LogP contribution in [0.2, 0.25) is 0 Å². The van der Waals surface area contributed by atoms with Crippen molar-refractivity contribution in [2.45, 2.75) is 75.9 Å². The van der Waals surface area contributed by atoms with Crippen LogP contribution in [0.15, 0.2) is 42.5 Å². The number of nitrogens with one attached hydrogen (secondary N) is 1. The van der Waals surface area contributed by atoms with Crippen molar-refractivity contribution >= 4 is 23.0 Å². The van der Waals surface area contributed by atoms with Crippen LogP contribution >= 0.6 is 0 Å². The quantitative estimate of drug-likeness (QED) is 0.104. The molecule has 14 heteroatoms. The fourth-order valence-electron chi connectivity index (χ4n) is 6.91. The molecule has 1 heterocycles. The number of para-hydroxylation sites is 1. The maximum Gasteiger partial charge on any atom is 0.273 e. The second-order valence-electron chi connectivity index (χ2n) is 12.3. The molecule has 0 bridgehead atoms. The van der Waals surface area contributed by atoms with Gasteiger partial charge in [0.1, 0.15) is 22.8 Å². The number of aliphatic hydroxyl groups is 2. The lowest BCUT2D eigenvalue weighted by molar-refractivity contribution is -0.385. The number of hydrogen-bond acceptors (Lipinski definition) is 13. The molecule has 14 nitrogen and oxygen atoms in total. The Labute approximate surface area is 274 Å². The molecule has 0 aromatic heterocycles. The molecule has 3 aromatic rings. The van der Waals surface area contributed by atoms with E-state index in [0.717, 1.165) is 6.92 Å². The van der Waals surface area contributed by atoms with Crippen molar-refractivity contribution in [3.05, 3.63) is 91.5 Å². The lowest BCUT2D eigenvalue weighted by Crippen LogP contribution is -2.54. The van der Waals surface area contributed by atoms with Crippen LogP contribution < -0.4 is 10.1 Å². The molecule has 3 aromatic carbocycles. The van der Waals surface area contributed by atoms with E-state index in [9.17, 15) is 44.9 Å². The van der Waals surface area contributed by atoms with Gasteiger partial charge in [0.15, 0.2) is 17.9 Å². The predicted molar refractivity (Wildman–Crippen MR) is 166 cm³/mol. The number of hydrogen-bond donors (Lipinski definition) is 5. The first-order valence-electron chi connectivity index (χ1n) is 15.3. The standard InChI is InChI=1S/C34H34N2O12/c1-15-29(38)20(35-14-17-7-4-5-9-21(17)36(44)45)11-24(47-15)48-23-13-34(43,16(2)37)12-19-26(23)33(42)28-27(31(19)40)30(39)18-8-6-10-22(46-3)25(18)32(28)41/h4-10,15,20,23-24,29,35,38,40,42-43H,11-14H2,1-3H3/t15?,20?,23?,24?,29?,34-/m0/s1. The number of carbonyl (C=O) groups excluding carboxylic acids is 3. The number of methoxy groups -OCH3 is 1. The number of aliphatic hydroxyl groups excluding tert-OH is 1. The van der Waals surface area contributed by atoms with E-state index in [4.69, 9.17) is 14.2 Å². The number of carbonyl (C=O) groups is 3. The van der Waals surface area contributed by atoms with Gasteiger partial charge in [-0.2, -0.15) is 0 Å². The third-order valence-corrected chi connectivity index (χ3v) is 9.50. The summed E-state index contributed by atoms with van der Waals surface area (Å²) >= 11 is 0. The number of nitro benzene ring substituents is 1. The van der Waals surface area contributed by atoms with Crippen LogP contribution in [0, 0.1) is 10.1 Å². The van der Waals surface area contributed by atoms with Crippen LogP contribution in [-0.2, 0) is 27.2 Å². The molecule has 0 saturated carbocycles. The van der Waals surface area contributed by atoms with Crippen molar-refractivity contribution in [1.29, 1.82) is 0 Å². The average molecular weight is 663 g/mol. The molecule has 252 valence electrons. The van der Waals surface area contributed by atoms with Crippen LogP contribution in [0.3, 0.4) is 0 Å². The summed E-state index contributed by atoms with van der Waals surface area (Å²) in [5, 5.41) is 60.2. The number of ether oxygens (including phenoxy) is 3. The largest absolute Gasteiger partial charge is 0.507 e. The molecule has 1 saturated heterocycles. The van der Waals surface area contributed by atoms with E-state index in [1.165, 1.54) is 31.4 Å². The van der Waals surface area contributed by atoms with Crippen molar-refractivity contribution in [3.63, 3.8) is 0 Å². The normalized spacial score (nSPS) is 26.3. The molecule has 0 spiro atoms. The summed E-state index contributed by atoms with van der Waals surface area (Å²) < 4.78 is 17.5. The van der Waals surface area contributed by atoms with Gasteiger partial charge in [-0.3, -0.25) is 24.5 Å². The van der Waals surface area contributed by atoms with Crippen LogP contribution in [0.5, 0.6) is 17.2 Å². The Morgan fingerprint density at radius 1 is 1.08 bits per heavy atom. The monoisotopic (exact) mass is 662 g/mol. The Hall–Kier alpha value is -4.73. The van der Waals surface area contributed by atoms with Crippen molar-refractivity contribution in [1.82, 2.24) is 5.32 Å². The number of aromatic hydroxyl groups is 2. The summed E-state index contributed by atoms with van der Waals surface area (Å²) in [6.45, 7) is 2.79. The van der Waals surface area contributed by atoms with Gasteiger partial charge in [-0.1, -0.05) is 30.3 Å². The van der Waals surface area contributed by atoms with E-state index in [1.54, 1.807) is 25.1 Å². The topological polar surface area (TPSA) is 215 Å². The summed E-state index contributed by atoms with van der Waals surface area (Å²) in [6, 6.07) is 9.86. The maximum absolute atomic E-state index is 13.9. The van der Waals surface area contributed by atoms with Crippen LogP contribution in [-0.4, -0.2) is 79.9 Å². The molecule has 48 heavy (non-hydrogen) atoms. The van der Waals surface area contributed by atoms with Crippen molar-refractivity contribution < 1.29 is 53.9 Å². The molecule has 5 unspecified atom stereocenters. The highest BCUT2D eigenvalue weighted by Gasteiger charge is 2.49. The number of benzene rings is 3. The highest BCUT2D eigenvalue weighted by atomic mass is 16.7. The zero-order valence-electron chi connectivity index (χ0n) is 26.3. The number of nitro groups is 1. The maximum atomic E-state index is 13.9.